The highest BCUT2D eigenvalue weighted by Gasteiger charge is 2.38. The second kappa shape index (κ2) is 5.81. The van der Waals surface area contributed by atoms with Gasteiger partial charge in [-0.3, -0.25) is 10.1 Å². The number of para-hydroxylation sites is 1. The maximum Gasteiger partial charge on any atom is 0.238 e. The Morgan fingerprint density at radius 1 is 1.40 bits per heavy atom. The largest absolute Gasteiger partial charge is 0.496 e. The number of nitrogens with zero attached hydrogens (tertiary/aromatic N) is 1. The molecule has 0 aromatic heterocycles. The quantitative estimate of drug-likeness (QED) is 0.904. The first kappa shape index (κ1) is 13.4. The molecule has 2 atom stereocenters. The van der Waals surface area contributed by atoms with Crippen molar-refractivity contribution in [3.63, 3.8) is 0 Å². The van der Waals surface area contributed by atoms with Crippen LogP contribution in [-0.4, -0.2) is 43.7 Å². The van der Waals surface area contributed by atoms with E-state index in [0.717, 1.165) is 30.8 Å². The second-order valence-corrected chi connectivity index (χ2v) is 5.20. The van der Waals surface area contributed by atoms with Crippen LogP contribution in [0.5, 0.6) is 5.75 Å². The van der Waals surface area contributed by atoms with E-state index in [2.05, 4.69) is 5.32 Å². The van der Waals surface area contributed by atoms with Gasteiger partial charge in [-0.05, 0) is 18.9 Å². The number of methoxy groups -OCH3 is 1. The Morgan fingerprint density at radius 3 is 3.00 bits per heavy atom. The van der Waals surface area contributed by atoms with Gasteiger partial charge in [-0.15, -0.1) is 0 Å². The fourth-order valence-electron chi connectivity index (χ4n) is 3.03. The Kier molecular flexibility index (Phi) is 3.89. The van der Waals surface area contributed by atoms with E-state index in [1.54, 1.807) is 7.11 Å². The first-order valence-corrected chi connectivity index (χ1v) is 7.06. The van der Waals surface area contributed by atoms with Gasteiger partial charge >= 0.3 is 0 Å². The minimum Gasteiger partial charge on any atom is -0.496 e. The highest BCUT2D eigenvalue weighted by molar-refractivity contribution is 5.81. The molecule has 1 N–H and O–H groups in total. The van der Waals surface area contributed by atoms with Crippen LogP contribution in [0, 0.1) is 0 Å². The van der Waals surface area contributed by atoms with Gasteiger partial charge in [0.15, 0.2) is 0 Å². The monoisotopic (exact) mass is 276 g/mol. The molecule has 0 bridgehead atoms. The average Bonchev–Trinajstić information content (AvgIpc) is 2.89. The topological polar surface area (TPSA) is 50.8 Å². The minimum atomic E-state index is -0.120. The molecule has 2 unspecified atom stereocenters. The molecule has 108 valence electrons. The van der Waals surface area contributed by atoms with Crippen molar-refractivity contribution in [1.82, 2.24) is 10.2 Å². The van der Waals surface area contributed by atoms with Crippen molar-refractivity contribution >= 4 is 5.91 Å². The molecular formula is C15H20N2O3. The molecule has 2 aliphatic heterocycles. The highest BCUT2D eigenvalue weighted by atomic mass is 16.5. The fraction of sp³-hybridized carbons (Fsp3) is 0.533. The van der Waals surface area contributed by atoms with Crippen molar-refractivity contribution in [3.8, 4) is 5.75 Å². The summed E-state index contributed by atoms with van der Waals surface area (Å²) in [5.74, 6) is 0.942. The first-order chi connectivity index (χ1) is 9.81. The van der Waals surface area contributed by atoms with Gasteiger partial charge in [0.05, 0.1) is 26.3 Å². The number of rotatable bonds is 3. The van der Waals surface area contributed by atoms with E-state index in [-0.39, 0.29) is 18.1 Å². The Morgan fingerprint density at radius 2 is 2.25 bits per heavy atom. The van der Waals surface area contributed by atoms with Gasteiger partial charge in [0, 0.05) is 12.2 Å². The summed E-state index contributed by atoms with van der Waals surface area (Å²) in [5, 5.41) is 3.29. The van der Waals surface area contributed by atoms with E-state index in [1.165, 1.54) is 0 Å². The van der Waals surface area contributed by atoms with Crippen molar-refractivity contribution in [2.24, 2.45) is 0 Å². The van der Waals surface area contributed by atoms with E-state index < -0.39 is 0 Å². The third-order valence-corrected chi connectivity index (χ3v) is 3.98. The van der Waals surface area contributed by atoms with Gasteiger partial charge in [-0.2, -0.15) is 0 Å². The summed E-state index contributed by atoms with van der Waals surface area (Å²) in [5.41, 5.74) is 1.01. The third kappa shape index (κ3) is 2.39. The predicted octanol–water partition coefficient (Wildman–Crippen LogP) is 1.30. The zero-order chi connectivity index (χ0) is 13.9. The maximum atomic E-state index is 12.2. The Balaban J connectivity index is 1.89. The van der Waals surface area contributed by atoms with Crippen molar-refractivity contribution in [1.29, 1.82) is 0 Å². The standard InChI is InChI=1S/C15H20N2O3/c1-19-13-7-3-2-6-12(13)15-16-9-14(18)17(15)11-5-4-8-20-10-11/h2-3,6-7,11,15-16H,4-5,8-10H2,1H3. The van der Waals surface area contributed by atoms with Crippen LogP contribution in [0.4, 0.5) is 0 Å². The van der Waals surface area contributed by atoms with E-state index in [1.807, 2.05) is 29.2 Å². The van der Waals surface area contributed by atoms with Crippen LogP contribution >= 0.6 is 0 Å². The van der Waals surface area contributed by atoms with Gasteiger partial charge in [0.2, 0.25) is 5.91 Å². The molecule has 1 amide bonds. The van der Waals surface area contributed by atoms with Crippen LogP contribution in [0.15, 0.2) is 24.3 Å². The van der Waals surface area contributed by atoms with Crippen molar-refractivity contribution in [2.45, 2.75) is 25.0 Å². The summed E-state index contributed by atoms with van der Waals surface area (Å²) in [7, 11) is 1.66. The lowest BCUT2D eigenvalue weighted by atomic mass is 10.1. The van der Waals surface area contributed by atoms with E-state index in [9.17, 15) is 4.79 Å². The van der Waals surface area contributed by atoms with Crippen LogP contribution in [-0.2, 0) is 9.53 Å². The number of nitrogens with one attached hydrogen (secondary N) is 1. The van der Waals surface area contributed by atoms with Crippen LogP contribution < -0.4 is 10.1 Å². The zero-order valence-corrected chi connectivity index (χ0v) is 11.7. The van der Waals surface area contributed by atoms with Gasteiger partial charge in [0.1, 0.15) is 11.9 Å². The van der Waals surface area contributed by atoms with Crippen LogP contribution in [0.3, 0.4) is 0 Å². The van der Waals surface area contributed by atoms with Crippen LogP contribution in [0.2, 0.25) is 0 Å². The molecule has 0 spiro atoms. The Hall–Kier alpha value is -1.59. The number of carbonyl (C=O) groups is 1. The highest BCUT2D eigenvalue weighted by Crippen LogP contribution is 2.33. The molecule has 0 aliphatic carbocycles. The Bertz CT molecular complexity index is 486. The molecule has 5 nitrogen and oxygen atoms in total. The molecule has 1 aromatic rings. The minimum absolute atomic E-state index is 0.120. The lowest BCUT2D eigenvalue weighted by Gasteiger charge is -2.35. The Labute approximate surface area is 118 Å². The van der Waals surface area contributed by atoms with Crippen LogP contribution in [0.25, 0.3) is 0 Å². The van der Waals surface area contributed by atoms with Crippen LogP contribution in [0.1, 0.15) is 24.6 Å². The van der Waals surface area contributed by atoms with E-state index in [4.69, 9.17) is 9.47 Å². The number of hydrogen-bond acceptors (Lipinski definition) is 4. The molecule has 20 heavy (non-hydrogen) atoms. The third-order valence-electron chi connectivity index (χ3n) is 3.98. The molecule has 2 fully saturated rings. The van der Waals surface area contributed by atoms with Crippen molar-refractivity contribution in [2.75, 3.05) is 26.9 Å². The zero-order valence-electron chi connectivity index (χ0n) is 11.7. The number of hydrogen-bond donors (Lipinski definition) is 1. The molecule has 0 radical (unpaired) electrons. The van der Waals surface area contributed by atoms with Gasteiger partial charge in [-0.25, -0.2) is 0 Å². The molecular weight excluding hydrogens is 256 g/mol. The average molecular weight is 276 g/mol. The molecule has 5 heteroatoms. The smallest absolute Gasteiger partial charge is 0.238 e. The lowest BCUT2D eigenvalue weighted by Crippen LogP contribution is -2.44. The summed E-state index contributed by atoms with van der Waals surface area (Å²) in [6.07, 6.45) is 1.89. The second-order valence-electron chi connectivity index (χ2n) is 5.20. The van der Waals surface area contributed by atoms with Gasteiger partial charge in [-0.1, -0.05) is 18.2 Å². The van der Waals surface area contributed by atoms with Crippen molar-refractivity contribution in [3.05, 3.63) is 29.8 Å². The van der Waals surface area contributed by atoms with Gasteiger partial charge in [0.25, 0.3) is 0 Å². The molecule has 1 aromatic carbocycles. The first-order valence-electron chi connectivity index (χ1n) is 7.06. The molecule has 2 heterocycles. The fourth-order valence-corrected chi connectivity index (χ4v) is 3.03. The summed E-state index contributed by atoms with van der Waals surface area (Å²) in [6, 6.07) is 7.99. The van der Waals surface area contributed by atoms with Crippen molar-refractivity contribution < 1.29 is 14.3 Å². The number of benzene rings is 1. The molecule has 2 aliphatic rings. The number of ether oxygens (including phenoxy) is 2. The normalized spacial score (nSPS) is 26.9. The molecule has 0 saturated carbocycles. The maximum absolute atomic E-state index is 12.2. The summed E-state index contributed by atoms with van der Waals surface area (Å²) in [4.78, 5) is 14.2. The summed E-state index contributed by atoms with van der Waals surface area (Å²) >= 11 is 0. The molecule has 2 saturated heterocycles. The number of carbonyl (C=O) groups excluding carboxylic acids is 1. The van der Waals surface area contributed by atoms with Gasteiger partial charge < -0.3 is 14.4 Å². The predicted molar refractivity (Wildman–Crippen MR) is 74.4 cm³/mol. The van der Waals surface area contributed by atoms with E-state index in [0.29, 0.717) is 13.2 Å². The van der Waals surface area contributed by atoms with E-state index >= 15 is 0 Å². The summed E-state index contributed by atoms with van der Waals surface area (Å²) < 4.78 is 11.0. The number of amides is 1. The molecule has 3 rings (SSSR count). The SMILES string of the molecule is COc1ccccc1C1NCC(=O)N1C1CCCOC1. The lowest BCUT2D eigenvalue weighted by molar-refractivity contribution is -0.133. The summed E-state index contributed by atoms with van der Waals surface area (Å²) in [6.45, 7) is 1.80.